The third-order valence-electron chi connectivity index (χ3n) is 4.31. The molecule has 1 saturated heterocycles. The molecule has 0 unspecified atom stereocenters. The van der Waals surface area contributed by atoms with Gasteiger partial charge in [0.1, 0.15) is 12.2 Å². The molecule has 1 aromatic carbocycles. The van der Waals surface area contributed by atoms with Crippen molar-refractivity contribution in [1.82, 2.24) is 14.8 Å². The maximum Gasteiger partial charge on any atom is 0.418 e. The van der Waals surface area contributed by atoms with E-state index in [1.807, 2.05) is 13.1 Å². The number of rotatable bonds is 2. The molecule has 2 aromatic rings. The fourth-order valence-corrected chi connectivity index (χ4v) is 3.17. The smallest absolute Gasteiger partial charge is 0.370 e. The highest BCUT2D eigenvalue weighted by Gasteiger charge is 2.36. The molecule has 1 aliphatic heterocycles. The lowest BCUT2D eigenvalue weighted by Crippen LogP contribution is -2.36. The van der Waals surface area contributed by atoms with E-state index in [1.165, 1.54) is 12.1 Å². The minimum Gasteiger partial charge on any atom is -0.370 e. The van der Waals surface area contributed by atoms with Crippen LogP contribution in [-0.4, -0.2) is 27.9 Å². The Hall–Kier alpha value is -2.56. The van der Waals surface area contributed by atoms with Gasteiger partial charge in [0.15, 0.2) is 0 Å². The van der Waals surface area contributed by atoms with Crippen LogP contribution < -0.4 is 4.90 Å². The van der Waals surface area contributed by atoms with Crippen LogP contribution in [0, 0.1) is 11.3 Å². The predicted molar refractivity (Wildman–Crippen MR) is 81.4 cm³/mol. The minimum atomic E-state index is -4.46. The SMILES string of the molecule is Cn1cnnc1[C@@H]1CCCN(c2cc(C#N)ccc2C(F)(F)F)C1. The first-order valence-electron chi connectivity index (χ1n) is 7.60. The summed E-state index contributed by atoms with van der Waals surface area (Å²) in [7, 11) is 1.83. The molecule has 2 heterocycles. The van der Waals surface area contributed by atoms with Crippen molar-refractivity contribution in [3.63, 3.8) is 0 Å². The van der Waals surface area contributed by atoms with Crippen LogP contribution in [0.1, 0.15) is 35.7 Å². The summed E-state index contributed by atoms with van der Waals surface area (Å²) < 4.78 is 41.8. The summed E-state index contributed by atoms with van der Waals surface area (Å²) in [5.74, 6) is 0.780. The van der Waals surface area contributed by atoms with Crippen molar-refractivity contribution in [3.05, 3.63) is 41.5 Å². The summed E-state index contributed by atoms with van der Waals surface area (Å²) in [4.78, 5) is 1.70. The van der Waals surface area contributed by atoms with Gasteiger partial charge >= 0.3 is 6.18 Å². The molecule has 1 atom stereocenters. The third-order valence-corrected chi connectivity index (χ3v) is 4.31. The average molecular weight is 335 g/mol. The molecule has 1 fully saturated rings. The number of piperidine rings is 1. The number of nitrogens with zero attached hydrogens (tertiary/aromatic N) is 5. The van der Waals surface area contributed by atoms with Crippen LogP contribution in [0.2, 0.25) is 0 Å². The molecular weight excluding hydrogens is 319 g/mol. The standard InChI is InChI=1S/C16H16F3N5/c1-23-10-21-22-15(23)12-3-2-6-24(9-12)14-7-11(8-20)4-5-13(14)16(17,18)19/h4-5,7,10,12H,2-3,6,9H2,1H3/t12-/m1/s1. The van der Waals surface area contributed by atoms with E-state index in [4.69, 9.17) is 5.26 Å². The van der Waals surface area contributed by atoms with Crippen molar-refractivity contribution in [2.75, 3.05) is 18.0 Å². The molecule has 24 heavy (non-hydrogen) atoms. The normalized spacial score (nSPS) is 18.5. The Kier molecular flexibility index (Phi) is 4.18. The molecule has 5 nitrogen and oxygen atoms in total. The zero-order chi connectivity index (χ0) is 17.3. The highest BCUT2D eigenvalue weighted by Crippen LogP contribution is 2.39. The van der Waals surface area contributed by atoms with Crippen LogP contribution in [0.3, 0.4) is 0 Å². The zero-order valence-corrected chi connectivity index (χ0v) is 13.1. The quantitative estimate of drug-likeness (QED) is 0.846. The van der Waals surface area contributed by atoms with Crippen LogP contribution in [-0.2, 0) is 13.2 Å². The van der Waals surface area contributed by atoms with Gasteiger partial charge in [-0.3, -0.25) is 0 Å². The van der Waals surface area contributed by atoms with E-state index in [2.05, 4.69) is 10.2 Å². The minimum absolute atomic E-state index is 0.0121. The van der Waals surface area contributed by atoms with Crippen LogP contribution in [0.25, 0.3) is 0 Å². The highest BCUT2D eigenvalue weighted by atomic mass is 19.4. The average Bonchev–Trinajstić information content (AvgIpc) is 2.99. The molecule has 126 valence electrons. The van der Waals surface area contributed by atoms with Gasteiger partial charge in [-0.2, -0.15) is 18.4 Å². The Bertz CT molecular complexity index is 775. The lowest BCUT2D eigenvalue weighted by molar-refractivity contribution is -0.137. The molecule has 1 aliphatic rings. The molecule has 0 aliphatic carbocycles. The first-order valence-corrected chi connectivity index (χ1v) is 7.60. The Balaban J connectivity index is 1.96. The topological polar surface area (TPSA) is 57.7 Å². The maximum atomic E-state index is 13.3. The van der Waals surface area contributed by atoms with Gasteiger partial charge < -0.3 is 9.47 Å². The van der Waals surface area contributed by atoms with Crippen molar-refractivity contribution >= 4 is 5.69 Å². The maximum absolute atomic E-state index is 13.3. The lowest BCUT2D eigenvalue weighted by Gasteiger charge is -2.35. The van der Waals surface area contributed by atoms with Gasteiger partial charge in [-0.15, -0.1) is 10.2 Å². The molecule has 0 N–H and O–H groups in total. The van der Waals surface area contributed by atoms with Crippen molar-refractivity contribution in [1.29, 1.82) is 5.26 Å². The number of halogens is 3. The van der Waals surface area contributed by atoms with E-state index >= 15 is 0 Å². The van der Waals surface area contributed by atoms with Gasteiger partial charge in [0, 0.05) is 26.1 Å². The molecule has 0 radical (unpaired) electrons. The van der Waals surface area contributed by atoms with Crippen molar-refractivity contribution in [3.8, 4) is 6.07 Å². The molecule has 0 bridgehead atoms. The summed E-state index contributed by atoms with van der Waals surface area (Å²) >= 11 is 0. The monoisotopic (exact) mass is 335 g/mol. The molecular formula is C16H16F3N5. The van der Waals surface area contributed by atoms with E-state index in [0.29, 0.717) is 13.1 Å². The zero-order valence-electron chi connectivity index (χ0n) is 13.1. The summed E-state index contributed by atoms with van der Waals surface area (Å²) in [6.07, 6.45) is -1.26. The number of hydrogen-bond donors (Lipinski definition) is 0. The van der Waals surface area contributed by atoms with Gasteiger partial charge in [0.25, 0.3) is 0 Å². The Labute approximate surface area is 137 Å². The largest absolute Gasteiger partial charge is 0.418 e. The Morgan fingerprint density at radius 3 is 2.75 bits per heavy atom. The molecule has 0 amide bonds. The predicted octanol–water partition coefficient (Wildman–Crippen LogP) is 3.09. The van der Waals surface area contributed by atoms with Gasteiger partial charge in [-0.05, 0) is 31.0 Å². The van der Waals surface area contributed by atoms with Crippen LogP contribution >= 0.6 is 0 Å². The van der Waals surface area contributed by atoms with Crippen molar-refractivity contribution in [2.45, 2.75) is 24.9 Å². The Morgan fingerprint density at radius 1 is 1.33 bits per heavy atom. The fraction of sp³-hybridized carbons (Fsp3) is 0.438. The summed E-state index contributed by atoms with van der Waals surface area (Å²) in [6, 6.07) is 5.42. The number of nitriles is 1. The van der Waals surface area contributed by atoms with Crippen LogP contribution in [0.15, 0.2) is 24.5 Å². The van der Waals surface area contributed by atoms with Crippen molar-refractivity contribution < 1.29 is 13.2 Å². The van der Waals surface area contributed by atoms with Gasteiger partial charge in [-0.25, -0.2) is 0 Å². The van der Waals surface area contributed by atoms with E-state index in [0.717, 1.165) is 24.7 Å². The number of hydrogen-bond acceptors (Lipinski definition) is 4. The van der Waals surface area contributed by atoms with Gasteiger partial charge in [0.2, 0.25) is 0 Å². The second kappa shape index (κ2) is 6.15. The van der Waals surface area contributed by atoms with E-state index in [-0.39, 0.29) is 17.2 Å². The van der Waals surface area contributed by atoms with Gasteiger partial charge in [0.05, 0.1) is 22.9 Å². The van der Waals surface area contributed by atoms with Crippen LogP contribution in [0.5, 0.6) is 0 Å². The second-order valence-corrected chi connectivity index (χ2v) is 5.93. The van der Waals surface area contributed by atoms with Crippen molar-refractivity contribution in [2.24, 2.45) is 7.05 Å². The third kappa shape index (κ3) is 3.07. The number of alkyl halides is 3. The Morgan fingerprint density at radius 2 is 2.12 bits per heavy atom. The highest BCUT2D eigenvalue weighted by molar-refractivity contribution is 5.59. The van der Waals surface area contributed by atoms with E-state index in [1.54, 1.807) is 15.8 Å². The summed E-state index contributed by atoms with van der Waals surface area (Å²) in [5, 5.41) is 17.0. The molecule has 0 saturated carbocycles. The summed E-state index contributed by atoms with van der Waals surface area (Å²) in [6.45, 7) is 0.941. The second-order valence-electron chi connectivity index (χ2n) is 5.93. The van der Waals surface area contributed by atoms with E-state index in [9.17, 15) is 13.2 Å². The molecule has 8 heteroatoms. The molecule has 0 spiro atoms. The first-order chi connectivity index (χ1) is 11.4. The fourth-order valence-electron chi connectivity index (χ4n) is 3.17. The number of anilines is 1. The number of aromatic nitrogens is 3. The van der Waals surface area contributed by atoms with Crippen LogP contribution in [0.4, 0.5) is 18.9 Å². The number of benzene rings is 1. The molecule has 1 aromatic heterocycles. The lowest BCUT2D eigenvalue weighted by atomic mass is 9.95. The number of aryl methyl sites for hydroxylation is 1. The first kappa shape index (κ1) is 16.3. The van der Waals surface area contributed by atoms with Gasteiger partial charge in [-0.1, -0.05) is 0 Å². The van der Waals surface area contributed by atoms with E-state index < -0.39 is 11.7 Å². The molecule has 3 rings (SSSR count). The summed E-state index contributed by atoms with van der Waals surface area (Å²) in [5.41, 5.74) is -0.424.